The van der Waals surface area contributed by atoms with Crippen LogP contribution in [-0.2, 0) is 4.74 Å². The Labute approximate surface area is 121 Å². The largest absolute Gasteiger partial charge is 0.374 e. The molecule has 3 rings (SSSR count). The first-order valence-electron chi connectivity index (χ1n) is 8.04. The fourth-order valence-electron chi connectivity index (χ4n) is 3.68. The molecule has 0 radical (unpaired) electrons. The van der Waals surface area contributed by atoms with Crippen LogP contribution < -0.4 is 5.32 Å². The van der Waals surface area contributed by atoms with E-state index in [2.05, 4.69) is 22.0 Å². The van der Waals surface area contributed by atoms with E-state index in [-0.39, 0.29) is 5.60 Å². The molecule has 0 aromatic carbocycles. The highest BCUT2D eigenvalue weighted by Crippen LogP contribution is 2.38. The summed E-state index contributed by atoms with van der Waals surface area (Å²) in [6.07, 6.45) is 7.94. The molecule has 3 aliphatic heterocycles. The number of nitrogens with zero attached hydrogens (tertiary/aromatic N) is 1. The zero-order chi connectivity index (χ0) is 13.0. The number of likely N-dealkylation sites (tertiary alicyclic amines) is 1. The molecule has 2 atom stereocenters. The maximum Gasteiger partial charge on any atom is 0.0795 e. The van der Waals surface area contributed by atoms with Gasteiger partial charge in [-0.05, 0) is 50.9 Å². The molecule has 19 heavy (non-hydrogen) atoms. The lowest BCUT2D eigenvalue weighted by Gasteiger charge is -2.38. The summed E-state index contributed by atoms with van der Waals surface area (Å²) in [6.45, 7) is 5.99. The summed E-state index contributed by atoms with van der Waals surface area (Å²) in [5, 5.41) is 3.79. The van der Waals surface area contributed by atoms with Gasteiger partial charge in [-0.1, -0.05) is 6.42 Å². The monoisotopic (exact) mass is 284 g/mol. The van der Waals surface area contributed by atoms with Crippen LogP contribution in [0.15, 0.2) is 0 Å². The van der Waals surface area contributed by atoms with Crippen molar-refractivity contribution in [2.24, 2.45) is 0 Å². The van der Waals surface area contributed by atoms with Crippen LogP contribution in [0.2, 0.25) is 0 Å². The van der Waals surface area contributed by atoms with E-state index in [0.717, 1.165) is 13.2 Å². The molecule has 3 aliphatic rings. The van der Waals surface area contributed by atoms with Gasteiger partial charge in [-0.3, -0.25) is 0 Å². The Morgan fingerprint density at radius 1 is 1.26 bits per heavy atom. The van der Waals surface area contributed by atoms with Gasteiger partial charge in [0.05, 0.1) is 5.60 Å². The average molecular weight is 284 g/mol. The van der Waals surface area contributed by atoms with Crippen LogP contribution in [0.25, 0.3) is 0 Å². The second-order valence-electron chi connectivity index (χ2n) is 6.38. The molecule has 0 aromatic rings. The maximum atomic E-state index is 6.08. The molecule has 0 aliphatic carbocycles. The number of piperidine rings is 1. The molecule has 0 aromatic heterocycles. The van der Waals surface area contributed by atoms with Crippen molar-refractivity contribution in [3.63, 3.8) is 0 Å². The van der Waals surface area contributed by atoms with Gasteiger partial charge in [-0.2, -0.15) is 11.8 Å². The topological polar surface area (TPSA) is 24.5 Å². The Kier molecular flexibility index (Phi) is 5.07. The molecule has 1 N–H and O–H groups in total. The minimum Gasteiger partial charge on any atom is -0.374 e. The summed E-state index contributed by atoms with van der Waals surface area (Å²) in [7, 11) is 0. The second kappa shape index (κ2) is 6.79. The van der Waals surface area contributed by atoms with Crippen LogP contribution in [0.5, 0.6) is 0 Å². The van der Waals surface area contributed by atoms with Gasteiger partial charge in [0.15, 0.2) is 0 Å². The number of hydrogen-bond donors (Lipinski definition) is 1. The molecule has 2 unspecified atom stereocenters. The van der Waals surface area contributed by atoms with E-state index in [0.29, 0.717) is 6.04 Å². The summed E-state index contributed by atoms with van der Waals surface area (Å²) in [6, 6.07) is 0.692. The SMILES string of the molecule is C1CCN(CCNC2CCOC3(CCSC3)C2)CC1. The van der Waals surface area contributed by atoms with Crippen molar-refractivity contribution in [3.8, 4) is 0 Å². The van der Waals surface area contributed by atoms with E-state index in [1.165, 1.54) is 69.7 Å². The summed E-state index contributed by atoms with van der Waals surface area (Å²) in [5.41, 5.74) is 0.228. The molecule has 110 valence electrons. The lowest BCUT2D eigenvalue weighted by atomic mass is 9.90. The van der Waals surface area contributed by atoms with Crippen molar-refractivity contribution >= 4 is 11.8 Å². The second-order valence-corrected chi connectivity index (χ2v) is 7.49. The molecule has 3 nitrogen and oxygen atoms in total. The Hall–Kier alpha value is 0.230. The Balaban J connectivity index is 1.37. The lowest BCUT2D eigenvalue weighted by Crippen LogP contribution is -2.48. The molecule has 3 heterocycles. The Morgan fingerprint density at radius 2 is 2.16 bits per heavy atom. The quantitative estimate of drug-likeness (QED) is 0.854. The van der Waals surface area contributed by atoms with E-state index >= 15 is 0 Å². The number of nitrogens with one attached hydrogen (secondary N) is 1. The van der Waals surface area contributed by atoms with Crippen molar-refractivity contribution in [1.29, 1.82) is 0 Å². The molecule has 1 spiro atoms. The third-order valence-electron chi connectivity index (χ3n) is 4.87. The van der Waals surface area contributed by atoms with E-state index in [9.17, 15) is 0 Å². The van der Waals surface area contributed by atoms with Crippen molar-refractivity contribution in [2.45, 2.75) is 50.2 Å². The smallest absolute Gasteiger partial charge is 0.0795 e. The molecule has 0 bridgehead atoms. The zero-order valence-electron chi connectivity index (χ0n) is 12.0. The third-order valence-corrected chi connectivity index (χ3v) is 6.09. The number of thioether (sulfide) groups is 1. The van der Waals surface area contributed by atoms with Gasteiger partial charge in [0.2, 0.25) is 0 Å². The van der Waals surface area contributed by atoms with Crippen LogP contribution in [0.1, 0.15) is 38.5 Å². The number of ether oxygens (including phenoxy) is 1. The molecular weight excluding hydrogens is 256 g/mol. The number of rotatable bonds is 4. The van der Waals surface area contributed by atoms with Gasteiger partial charge in [0, 0.05) is 31.5 Å². The Morgan fingerprint density at radius 3 is 2.95 bits per heavy atom. The first-order valence-corrected chi connectivity index (χ1v) is 9.19. The molecular formula is C15H28N2OS. The maximum absolute atomic E-state index is 6.08. The minimum absolute atomic E-state index is 0.228. The van der Waals surface area contributed by atoms with Gasteiger partial charge >= 0.3 is 0 Å². The minimum atomic E-state index is 0.228. The van der Waals surface area contributed by atoms with Crippen LogP contribution in [0.3, 0.4) is 0 Å². The summed E-state index contributed by atoms with van der Waals surface area (Å²) >= 11 is 2.07. The van der Waals surface area contributed by atoms with Crippen molar-refractivity contribution in [3.05, 3.63) is 0 Å². The van der Waals surface area contributed by atoms with Crippen molar-refractivity contribution < 1.29 is 4.74 Å². The highest BCUT2D eigenvalue weighted by Gasteiger charge is 2.40. The molecule has 0 saturated carbocycles. The van der Waals surface area contributed by atoms with Crippen LogP contribution in [0, 0.1) is 0 Å². The van der Waals surface area contributed by atoms with Gasteiger partial charge in [0.1, 0.15) is 0 Å². The number of hydrogen-bond acceptors (Lipinski definition) is 4. The van der Waals surface area contributed by atoms with E-state index in [1.807, 2.05) is 0 Å². The summed E-state index contributed by atoms with van der Waals surface area (Å²) in [4.78, 5) is 2.62. The molecule has 4 heteroatoms. The first kappa shape index (κ1) is 14.2. The predicted octanol–water partition coefficient (Wildman–Crippen LogP) is 2.12. The van der Waals surface area contributed by atoms with E-state index in [4.69, 9.17) is 4.74 Å². The fraction of sp³-hybridized carbons (Fsp3) is 1.00. The highest BCUT2D eigenvalue weighted by atomic mass is 32.2. The summed E-state index contributed by atoms with van der Waals surface area (Å²) < 4.78 is 6.08. The van der Waals surface area contributed by atoms with Gasteiger partial charge in [-0.15, -0.1) is 0 Å². The van der Waals surface area contributed by atoms with Gasteiger partial charge < -0.3 is 15.0 Å². The normalized spacial score (nSPS) is 36.9. The van der Waals surface area contributed by atoms with Gasteiger partial charge in [0.25, 0.3) is 0 Å². The lowest BCUT2D eigenvalue weighted by molar-refractivity contribution is -0.0701. The summed E-state index contributed by atoms with van der Waals surface area (Å²) in [5.74, 6) is 2.51. The highest BCUT2D eigenvalue weighted by molar-refractivity contribution is 7.99. The van der Waals surface area contributed by atoms with Gasteiger partial charge in [-0.25, -0.2) is 0 Å². The van der Waals surface area contributed by atoms with Crippen molar-refractivity contribution in [2.75, 3.05) is 44.3 Å². The van der Waals surface area contributed by atoms with E-state index < -0.39 is 0 Å². The van der Waals surface area contributed by atoms with Crippen LogP contribution in [-0.4, -0.2) is 60.8 Å². The third kappa shape index (κ3) is 3.87. The zero-order valence-corrected chi connectivity index (χ0v) is 12.8. The van der Waals surface area contributed by atoms with E-state index in [1.54, 1.807) is 0 Å². The fourth-order valence-corrected chi connectivity index (χ4v) is 5.05. The van der Waals surface area contributed by atoms with Crippen LogP contribution >= 0.6 is 11.8 Å². The predicted molar refractivity (Wildman–Crippen MR) is 81.9 cm³/mol. The average Bonchev–Trinajstić information content (AvgIpc) is 2.88. The molecule has 3 saturated heterocycles. The standard InChI is InChI=1S/C15H28N2OS/c1-2-7-17(8-3-1)9-6-16-14-4-10-18-15(12-14)5-11-19-13-15/h14,16H,1-13H2. The Bertz CT molecular complexity index is 275. The van der Waals surface area contributed by atoms with Crippen molar-refractivity contribution in [1.82, 2.24) is 10.2 Å². The molecule has 3 fully saturated rings. The first-order chi connectivity index (χ1) is 9.36. The molecule has 0 amide bonds. The van der Waals surface area contributed by atoms with Crippen LogP contribution in [0.4, 0.5) is 0 Å².